The Bertz CT molecular complexity index is 456. The zero-order chi connectivity index (χ0) is 15.9. The Balaban J connectivity index is 1.99. The summed E-state index contributed by atoms with van der Waals surface area (Å²) < 4.78 is 5.69. The van der Waals surface area contributed by atoms with Crippen LogP contribution in [0.1, 0.15) is 50.3 Å². The molecule has 0 amide bonds. The molecule has 2 N–H and O–H groups in total. The molecule has 0 saturated carbocycles. The summed E-state index contributed by atoms with van der Waals surface area (Å²) in [6.07, 6.45) is 0.383. The van der Waals surface area contributed by atoms with Gasteiger partial charge in [0.2, 0.25) is 0 Å². The zero-order valence-electron chi connectivity index (χ0n) is 14.1. The van der Waals surface area contributed by atoms with Crippen molar-refractivity contribution in [3.8, 4) is 5.75 Å². The molecule has 1 aliphatic heterocycles. The molecule has 1 fully saturated rings. The van der Waals surface area contributed by atoms with Crippen molar-refractivity contribution in [2.24, 2.45) is 0 Å². The highest BCUT2D eigenvalue weighted by Gasteiger charge is 2.16. The van der Waals surface area contributed by atoms with Crippen LogP contribution in [0.5, 0.6) is 5.75 Å². The van der Waals surface area contributed by atoms with Gasteiger partial charge in [0.1, 0.15) is 5.75 Å². The van der Waals surface area contributed by atoms with E-state index in [1.807, 2.05) is 19.1 Å². The van der Waals surface area contributed by atoms with E-state index in [9.17, 15) is 5.11 Å². The van der Waals surface area contributed by atoms with Gasteiger partial charge in [-0.05, 0) is 42.5 Å². The van der Waals surface area contributed by atoms with Gasteiger partial charge in [0.15, 0.2) is 0 Å². The minimum Gasteiger partial charge on any atom is -0.494 e. The predicted molar refractivity (Wildman–Crippen MR) is 90.6 cm³/mol. The van der Waals surface area contributed by atoms with Crippen LogP contribution < -0.4 is 10.1 Å². The molecule has 1 aromatic carbocycles. The van der Waals surface area contributed by atoms with Crippen LogP contribution >= 0.6 is 0 Å². The number of ether oxygens (including phenoxy) is 1. The van der Waals surface area contributed by atoms with Gasteiger partial charge in [0.25, 0.3) is 0 Å². The van der Waals surface area contributed by atoms with Gasteiger partial charge < -0.3 is 20.1 Å². The van der Waals surface area contributed by atoms with Crippen LogP contribution in [-0.2, 0) is 0 Å². The van der Waals surface area contributed by atoms with Crippen LogP contribution in [0.4, 0.5) is 0 Å². The third kappa shape index (κ3) is 4.70. The van der Waals surface area contributed by atoms with E-state index < -0.39 is 6.10 Å². The molecule has 1 aliphatic rings. The molecule has 1 saturated heterocycles. The third-order valence-corrected chi connectivity index (χ3v) is 4.27. The minimum atomic E-state index is -0.400. The smallest absolute Gasteiger partial charge is 0.122 e. The lowest BCUT2D eigenvalue weighted by Gasteiger charge is -2.28. The highest BCUT2D eigenvalue weighted by molar-refractivity contribution is 5.40. The number of hydrogen-bond donors (Lipinski definition) is 2. The van der Waals surface area contributed by atoms with Crippen LogP contribution in [-0.4, -0.2) is 49.3 Å². The van der Waals surface area contributed by atoms with Gasteiger partial charge in [0.05, 0.1) is 12.7 Å². The summed E-state index contributed by atoms with van der Waals surface area (Å²) in [5.74, 6) is 1.33. The van der Waals surface area contributed by atoms with Crippen molar-refractivity contribution in [3.05, 3.63) is 29.3 Å². The Morgan fingerprint density at radius 3 is 2.64 bits per heavy atom. The first kappa shape index (κ1) is 17.3. The number of aliphatic hydroxyl groups is 1. The topological polar surface area (TPSA) is 44.7 Å². The largest absolute Gasteiger partial charge is 0.494 e. The quantitative estimate of drug-likeness (QED) is 0.812. The average Bonchev–Trinajstić information content (AvgIpc) is 2.54. The number of nitrogens with zero attached hydrogens (tertiary/aromatic N) is 1. The molecule has 0 bridgehead atoms. The summed E-state index contributed by atoms with van der Waals surface area (Å²) in [6, 6.07) is 6.11. The van der Waals surface area contributed by atoms with Crippen LogP contribution in [0.25, 0.3) is 0 Å². The van der Waals surface area contributed by atoms with Crippen molar-refractivity contribution in [3.63, 3.8) is 0 Å². The second kappa shape index (κ2) is 8.51. The number of rotatable bonds is 7. The van der Waals surface area contributed by atoms with Gasteiger partial charge in [-0.1, -0.05) is 19.9 Å². The van der Waals surface area contributed by atoms with E-state index in [0.717, 1.165) is 50.5 Å². The van der Waals surface area contributed by atoms with Crippen molar-refractivity contribution in [2.75, 3.05) is 39.3 Å². The van der Waals surface area contributed by atoms with Gasteiger partial charge >= 0.3 is 0 Å². The Morgan fingerprint density at radius 1 is 1.27 bits per heavy atom. The average molecular weight is 306 g/mol. The monoisotopic (exact) mass is 306 g/mol. The molecule has 124 valence electrons. The lowest BCUT2D eigenvalue weighted by molar-refractivity contribution is 0.136. The maximum absolute atomic E-state index is 10.5. The third-order valence-electron chi connectivity index (χ3n) is 4.27. The Labute approximate surface area is 134 Å². The zero-order valence-corrected chi connectivity index (χ0v) is 14.1. The summed E-state index contributed by atoms with van der Waals surface area (Å²) in [4.78, 5) is 2.41. The highest BCUT2D eigenvalue weighted by Crippen LogP contribution is 2.30. The minimum absolute atomic E-state index is 0.391. The second-order valence-electron chi connectivity index (χ2n) is 6.28. The maximum Gasteiger partial charge on any atom is 0.122 e. The molecule has 0 aromatic heterocycles. The lowest BCUT2D eigenvalue weighted by Crippen LogP contribution is -2.44. The maximum atomic E-state index is 10.5. The first-order chi connectivity index (χ1) is 10.6. The summed E-state index contributed by atoms with van der Waals surface area (Å²) in [7, 11) is 0. The SMILES string of the molecule is CCOc1ccc(C(O)CCN2CCNCC2)cc1C(C)C. The molecule has 0 radical (unpaired) electrons. The Hall–Kier alpha value is -1.10. The molecule has 1 unspecified atom stereocenters. The van der Waals surface area contributed by atoms with E-state index in [4.69, 9.17) is 4.74 Å². The van der Waals surface area contributed by atoms with Crippen molar-refractivity contribution >= 4 is 0 Å². The summed E-state index contributed by atoms with van der Waals surface area (Å²) in [6.45, 7) is 12.2. The molecule has 1 aromatic rings. The second-order valence-corrected chi connectivity index (χ2v) is 6.28. The van der Waals surface area contributed by atoms with E-state index in [1.165, 1.54) is 5.56 Å². The number of hydrogen-bond acceptors (Lipinski definition) is 4. The lowest BCUT2D eigenvalue weighted by atomic mass is 9.96. The number of benzene rings is 1. The van der Waals surface area contributed by atoms with Crippen LogP contribution in [0.15, 0.2) is 18.2 Å². The Kier molecular flexibility index (Phi) is 6.68. The fourth-order valence-corrected chi connectivity index (χ4v) is 2.92. The molecule has 4 heteroatoms. The molecular formula is C18H30N2O2. The molecule has 22 heavy (non-hydrogen) atoms. The summed E-state index contributed by atoms with van der Waals surface area (Å²) >= 11 is 0. The van der Waals surface area contributed by atoms with Crippen molar-refractivity contribution in [2.45, 2.75) is 39.2 Å². The summed E-state index contributed by atoms with van der Waals surface area (Å²) in [5.41, 5.74) is 2.18. The molecule has 1 atom stereocenters. The molecule has 4 nitrogen and oxygen atoms in total. The number of aliphatic hydroxyl groups excluding tert-OH is 1. The number of piperazine rings is 1. The number of nitrogens with one attached hydrogen (secondary N) is 1. The molecule has 0 spiro atoms. The van der Waals surface area contributed by atoms with Crippen molar-refractivity contribution < 1.29 is 9.84 Å². The van der Waals surface area contributed by atoms with Crippen molar-refractivity contribution in [1.29, 1.82) is 0 Å². The normalized spacial score (nSPS) is 17.7. The Morgan fingerprint density at radius 2 is 2.00 bits per heavy atom. The van der Waals surface area contributed by atoms with Crippen molar-refractivity contribution in [1.82, 2.24) is 10.2 Å². The van der Waals surface area contributed by atoms with Crippen LogP contribution in [0.3, 0.4) is 0 Å². The fraction of sp³-hybridized carbons (Fsp3) is 0.667. The van der Waals surface area contributed by atoms with Gasteiger partial charge in [-0.2, -0.15) is 0 Å². The van der Waals surface area contributed by atoms with Gasteiger partial charge in [-0.3, -0.25) is 0 Å². The van der Waals surface area contributed by atoms with E-state index in [2.05, 4.69) is 30.1 Å². The predicted octanol–water partition coefficient (Wildman–Crippen LogP) is 2.54. The first-order valence-electron chi connectivity index (χ1n) is 8.49. The van der Waals surface area contributed by atoms with Crippen LogP contribution in [0, 0.1) is 0 Å². The standard InChI is InChI=1S/C18H30N2O2/c1-4-22-18-6-5-15(13-16(18)14(2)3)17(21)7-10-20-11-8-19-9-12-20/h5-6,13-14,17,19,21H,4,7-12H2,1-3H3. The van der Waals surface area contributed by atoms with Crippen LogP contribution in [0.2, 0.25) is 0 Å². The van der Waals surface area contributed by atoms with E-state index in [0.29, 0.717) is 12.5 Å². The fourth-order valence-electron chi connectivity index (χ4n) is 2.92. The summed E-state index contributed by atoms with van der Waals surface area (Å²) in [5, 5.41) is 13.8. The van der Waals surface area contributed by atoms with Gasteiger partial charge in [-0.25, -0.2) is 0 Å². The molecule has 1 heterocycles. The van der Waals surface area contributed by atoms with E-state index >= 15 is 0 Å². The van der Waals surface area contributed by atoms with Gasteiger partial charge in [-0.15, -0.1) is 0 Å². The molecular weight excluding hydrogens is 276 g/mol. The van der Waals surface area contributed by atoms with Gasteiger partial charge in [0, 0.05) is 32.7 Å². The molecule has 0 aliphatic carbocycles. The van der Waals surface area contributed by atoms with E-state index in [-0.39, 0.29) is 0 Å². The first-order valence-corrected chi connectivity index (χ1v) is 8.49. The highest BCUT2D eigenvalue weighted by atomic mass is 16.5. The van der Waals surface area contributed by atoms with E-state index in [1.54, 1.807) is 0 Å². The molecule has 2 rings (SSSR count).